The molecule has 3 rings (SSSR count). The summed E-state index contributed by atoms with van der Waals surface area (Å²) in [4.78, 5) is 24.5. The molecule has 1 aromatic heterocycles. The lowest BCUT2D eigenvalue weighted by molar-refractivity contribution is -0.123. The number of carbonyl (C=O) groups excluding carboxylic acids is 1. The minimum atomic E-state index is -0.539. The molecule has 1 atom stereocenters. The van der Waals surface area contributed by atoms with Crippen LogP contribution in [0.5, 0.6) is 0 Å². The maximum Gasteiger partial charge on any atom is 0.329 e. The number of hydrogen-bond donors (Lipinski definition) is 2. The number of aryl methyl sites for hydroxylation is 2. The number of hydrogen-bond acceptors (Lipinski definition) is 3. The van der Waals surface area contributed by atoms with E-state index in [1.807, 2.05) is 25.1 Å². The van der Waals surface area contributed by atoms with Crippen molar-refractivity contribution >= 4 is 22.8 Å². The van der Waals surface area contributed by atoms with E-state index < -0.39 is 6.04 Å². The number of rotatable bonds is 1. The number of amides is 1. The highest BCUT2D eigenvalue weighted by Crippen LogP contribution is 2.23. The van der Waals surface area contributed by atoms with E-state index in [0.29, 0.717) is 12.8 Å². The summed E-state index contributed by atoms with van der Waals surface area (Å²) in [5.74, 6) is -0.0631. The minimum absolute atomic E-state index is 0.195. The van der Waals surface area contributed by atoms with Gasteiger partial charge in [-0.1, -0.05) is 6.07 Å². The van der Waals surface area contributed by atoms with Crippen LogP contribution in [0.4, 0.5) is 0 Å². The van der Waals surface area contributed by atoms with Crippen LogP contribution in [0.2, 0.25) is 0 Å². The lowest BCUT2D eigenvalue weighted by atomic mass is 10.1. The third-order valence-corrected chi connectivity index (χ3v) is 3.80. The molecular weight excluding hydrogens is 256 g/mol. The molecule has 1 aliphatic heterocycles. The predicted octanol–water partition coefficient (Wildman–Crippen LogP) is 1.08. The van der Waals surface area contributed by atoms with E-state index in [9.17, 15) is 9.59 Å². The van der Waals surface area contributed by atoms with Crippen molar-refractivity contribution in [3.63, 3.8) is 0 Å². The molecular formula is C14H16N4O2. The van der Waals surface area contributed by atoms with Crippen LogP contribution in [-0.2, 0) is 11.8 Å². The molecule has 20 heavy (non-hydrogen) atoms. The predicted molar refractivity (Wildman–Crippen MR) is 76.1 cm³/mol. The summed E-state index contributed by atoms with van der Waals surface area (Å²) in [6.07, 6.45) is 0.961. The van der Waals surface area contributed by atoms with Gasteiger partial charge in [0.15, 0.2) is 0 Å². The molecule has 2 heterocycles. The average molecular weight is 272 g/mol. The van der Waals surface area contributed by atoms with Gasteiger partial charge in [0, 0.05) is 13.5 Å². The molecule has 1 saturated heterocycles. The fourth-order valence-corrected chi connectivity index (χ4v) is 2.73. The first kappa shape index (κ1) is 12.7. The first-order valence-electron chi connectivity index (χ1n) is 6.55. The second-order valence-corrected chi connectivity index (χ2v) is 5.23. The van der Waals surface area contributed by atoms with Gasteiger partial charge in [0.05, 0.1) is 16.9 Å². The van der Waals surface area contributed by atoms with Gasteiger partial charge in [-0.05, 0) is 31.0 Å². The SMILES string of the molecule is Cc1ccc2c(c1)n(C)c(=O)n2C1CCC(=N)NC1=O. The van der Waals surface area contributed by atoms with Crippen LogP contribution in [0.15, 0.2) is 23.0 Å². The van der Waals surface area contributed by atoms with Crippen LogP contribution in [-0.4, -0.2) is 20.9 Å². The average Bonchev–Trinajstić information content (AvgIpc) is 2.63. The molecule has 2 N–H and O–H groups in total. The zero-order valence-corrected chi connectivity index (χ0v) is 11.4. The number of benzene rings is 1. The van der Waals surface area contributed by atoms with Crippen molar-refractivity contribution in [2.75, 3.05) is 0 Å². The highest BCUT2D eigenvalue weighted by molar-refractivity contribution is 6.01. The first-order valence-corrected chi connectivity index (χ1v) is 6.55. The maximum atomic E-state index is 12.4. The highest BCUT2D eigenvalue weighted by atomic mass is 16.2. The fraction of sp³-hybridized carbons (Fsp3) is 0.357. The summed E-state index contributed by atoms with van der Waals surface area (Å²) in [7, 11) is 1.71. The monoisotopic (exact) mass is 272 g/mol. The van der Waals surface area contributed by atoms with E-state index in [-0.39, 0.29) is 17.4 Å². The van der Waals surface area contributed by atoms with E-state index in [0.717, 1.165) is 16.6 Å². The second kappa shape index (κ2) is 4.33. The van der Waals surface area contributed by atoms with Gasteiger partial charge in [0.2, 0.25) is 5.91 Å². The van der Waals surface area contributed by atoms with Gasteiger partial charge in [0.1, 0.15) is 6.04 Å². The van der Waals surface area contributed by atoms with Gasteiger partial charge in [-0.25, -0.2) is 4.79 Å². The molecule has 1 aromatic carbocycles. The summed E-state index contributed by atoms with van der Waals surface area (Å²) < 4.78 is 3.10. The number of amidine groups is 1. The van der Waals surface area contributed by atoms with Gasteiger partial charge in [0.25, 0.3) is 0 Å². The lowest BCUT2D eigenvalue weighted by Gasteiger charge is -2.23. The standard InChI is InChI=1S/C14H16N4O2/c1-8-3-4-9-11(7-8)17(2)14(20)18(9)10-5-6-12(15)16-13(10)19/h3-4,7,10H,5-6H2,1-2H3,(H2,15,16,19). The van der Waals surface area contributed by atoms with Gasteiger partial charge >= 0.3 is 5.69 Å². The Hall–Kier alpha value is -2.37. The molecule has 0 saturated carbocycles. The smallest absolute Gasteiger partial charge is 0.313 e. The molecule has 0 bridgehead atoms. The molecule has 2 aromatic rings. The maximum absolute atomic E-state index is 12.4. The molecule has 1 amide bonds. The van der Waals surface area contributed by atoms with Gasteiger partial charge < -0.3 is 5.32 Å². The third-order valence-electron chi connectivity index (χ3n) is 3.80. The summed E-state index contributed by atoms with van der Waals surface area (Å²) in [5.41, 5.74) is 2.46. The number of fused-ring (bicyclic) bond motifs is 1. The van der Waals surface area contributed by atoms with Crippen molar-refractivity contribution in [2.45, 2.75) is 25.8 Å². The van der Waals surface area contributed by atoms with Crippen molar-refractivity contribution in [1.29, 1.82) is 5.41 Å². The van der Waals surface area contributed by atoms with Crippen LogP contribution < -0.4 is 11.0 Å². The largest absolute Gasteiger partial charge is 0.329 e. The molecule has 6 nitrogen and oxygen atoms in total. The number of nitrogens with one attached hydrogen (secondary N) is 2. The van der Waals surface area contributed by atoms with Crippen LogP contribution in [0.25, 0.3) is 11.0 Å². The van der Waals surface area contributed by atoms with Crippen molar-refractivity contribution < 1.29 is 4.79 Å². The minimum Gasteiger partial charge on any atom is -0.313 e. The Morgan fingerprint density at radius 2 is 2.05 bits per heavy atom. The van der Waals surface area contributed by atoms with Crippen LogP contribution in [0.3, 0.4) is 0 Å². The Bertz CT molecular complexity index is 784. The van der Waals surface area contributed by atoms with Crippen LogP contribution >= 0.6 is 0 Å². The lowest BCUT2D eigenvalue weighted by Crippen LogP contribution is -2.44. The Balaban J connectivity index is 2.21. The highest BCUT2D eigenvalue weighted by Gasteiger charge is 2.29. The number of nitrogens with zero attached hydrogens (tertiary/aromatic N) is 2. The Kier molecular flexibility index (Phi) is 2.74. The van der Waals surface area contributed by atoms with Crippen LogP contribution in [0, 0.1) is 12.3 Å². The molecule has 0 aliphatic carbocycles. The number of carbonyl (C=O) groups is 1. The summed E-state index contributed by atoms with van der Waals surface area (Å²) in [6, 6.07) is 5.21. The van der Waals surface area contributed by atoms with E-state index in [2.05, 4.69) is 5.32 Å². The molecule has 1 unspecified atom stereocenters. The second-order valence-electron chi connectivity index (χ2n) is 5.23. The van der Waals surface area contributed by atoms with Gasteiger partial charge in [-0.2, -0.15) is 0 Å². The quantitative estimate of drug-likeness (QED) is 0.814. The van der Waals surface area contributed by atoms with Gasteiger partial charge in [-0.3, -0.25) is 19.3 Å². The van der Waals surface area contributed by atoms with Crippen LogP contribution in [0.1, 0.15) is 24.4 Å². The van der Waals surface area contributed by atoms with Gasteiger partial charge in [-0.15, -0.1) is 0 Å². The van der Waals surface area contributed by atoms with Crippen molar-refractivity contribution in [3.8, 4) is 0 Å². The zero-order chi connectivity index (χ0) is 14.4. The first-order chi connectivity index (χ1) is 9.49. The normalized spacial score (nSPS) is 19.4. The molecule has 1 fully saturated rings. The van der Waals surface area contributed by atoms with Crippen molar-refractivity contribution in [2.24, 2.45) is 7.05 Å². The summed E-state index contributed by atoms with van der Waals surface area (Å²) >= 11 is 0. The molecule has 104 valence electrons. The Labute approximate surface area is 115 Å². The zero-order valence-electron chi connectivity index (χ0n) is 11.4. The fourth-order valence-electron chi connectivity index (χ4n) is 2.73. The van der Waals surface area contributed by atoms with E-state index in [4.69, 9.17) is 5.41 Å². The third kappa shape index (κ3) is 1.76. The molecule has 1 aliphatic rings. The van der Waals surface area contributed by atoms with Crippen molar-refractivity contribution in [3.05, 3.63) is 34.2 Å². The Morgan fingerprint density at radius 3 is 2.75 bits per heavy atom. The van der Waals surface area contributed by atoms with E-state index in [1.54, 1.807) is 11.6 Å². The topological polar surface area (TPSA) is 79.9 Å². The molecule has 0 spiro atoms. The molecule has 6 heteroatoms. The molecule has 0 radical (unpaired) electrons. The number of imidazole rings is 1. The number of piperidine rings is 1. The Morgan fingerprint density at radius 1 is 1.30 bits per heavy atom. The van der Waals surface area contributed by atoms with E-state index in [1.165, 1.54) is 4.57 Å². The van der Waals surface area contributed by atoms with Crippen molar-refractivity contribution in [1.82, 2.24) is 14.5 Å². The summed E-state index contributed by atoms with van der Waals surface area (Å²) in [5, 5.41) is 10.0. The van der Waals surface area contributed by atoms with E-state index >= 15 is 0 Å². The summed E-state index contributed by atoms with van der Waals surface area (Å²) in [6.45, 7) is 1.97. The number of aromatic nitrogens is 2.